The average Bonchev–Trinajstić information content (AvgIpc) is 2.99. The van der Waals surface area contributed by atoms with Gasteiger partial charge in [-0.2, -0.15) is 4.98 Å². The number of rotatable bonds is 6. The summed E-state index contributed by atoms with van der Waals surface area (Å²) in [4.78, 5) is 31.5. The Bertz CT molecular complexity index is 1510. The van der Waals surface area contributed by atoms with Gasteiger partial charge in [0.15, 0.2) is 0 Å². The van der Waals surface area contributed by atoms with Crippen LogP contribution in [0.1, 0.15) is 28.8 Å². The lowest BCUT2D eigenvalue weighted by Crippen LogP contribution is -2.49. The van der Waals surface area contributed by atoms with Gasteiger partial charge in [-0.05, 0) is 67.6 Å². The maximum atomic E-state index is 15.6. The number of pyridine rings is 1. The first-order valence-electron chi connectivity index (χ1n) is 13.8. The zero-order valence-corrected chi connectivity index (χ0v) is 22.5. The number of carbonyl (C=O) groups is 1. The highest BCUT2D eigenvalue weighted by atomic mass is 19.1. The molecular formula is C30H33FN8O. The third-order valence-electron chi connectivity index (χ3n) is 7.60. The zero-order valence-electron chi connectivity index (χ0n) is 22.5. The lowest BCUT2D eigenvalue weighted by Gasteiger charge is -2.35. The zero-order chi connectivity index (χ0) is 27.5. The lowest BCUT2D eigenvalue weighted by atomic mass is 10.0. The summed E-state index contributed by atoms with van der Waals surface area (Å²) < 4.78 is 15.6. The van der Waals surface area contributed by atoms with E-state index in [1.54, 1.807) is 23.4 Å². The Labute approximate surface area is 232 Å². The lowest BCUT2D eigenvalue weighted by molar-refractivity contribution is 0.0968. The van der Waals surface area contributed by atoms with Gasteiger partial charge >= 0.3 is 0 Å². The molecule has 0 bridgehead atoms. The molecule has 2 aromatic heterocycles. The number of hydrogen-bond donors (Lipinski definition) is 3. The van der Waals surface area contributed by atoms with E-state index in [-0.39, 0.29) is 11.6 Å². The van der Waals surface area contributed by atoms with Crippen LogP contribution in [0.3, 0.4) is 0 Å². The number of piperidine rings is 1. The third kappa shape index (κ3) is 5.32. The number of anilines is 4. The number of aryl methyl sites for hydroxylation is 1. The standard InChI is InChI=1S/C30H33FN8O/c1-20-4-2-5-21-9-12-34-28(27(20)21)39(23-6-3-11-33-19-23)29(40)24-8-7-22(18-25(24)31)36-30-35-13-10-26(37-30)38-16-14-32-15-17-38/h2,4-5,7-10,12-13,18,23,32-33H,3,6,11,14-17,19H2,1H3,(H,35,36,37)/t23-/m1/s1. The van der Waals surface area contributed by atoms with Gasteiger partial charge in [-0.25, -0.2) is 14.4 Å². The number of nitrogens with one attached hydrogen (secondary N) is 3. The molecule has 1 atom stereocenters. The number of amides is 1. The maximum Gasteiger partial charge on any atom is 0.262 e. The second kappa shape index (κ2) is 11.5. The number of hydrogen-bond acceptors (Lipinski definition) is 8. The number of fused-ring (bicyclic) bond motifs is 1. The van der Waals surface area contributed by atoms with Crippen molar-refractivity contribution in [2.75, 3.05) is 54.4 Å². The number of carbonyl (C=O) groups excluding carboxylic acids is 1. The summed E-state index contributed by atoms with van der Waals surface area (Å²) in [6.45, 7) is 7.05. The van der Waals surface area contributed by atoms with Crippen LogP contribution < -0.4 is 25.8 Å². The molecule has 6 rings (SSSR count). The SMILES string of the molecule is Cc1cccc2ccnc(N(C(=O)c3ccc(Nc4nccc(N5CCNCC5)n4)cc3F)[C@@H]3CCCNC3)c12. The molecule has 2 aliphatic heterocycles. The van der Waals surface area contributed by atoms with Crippen molar-refractivity contribution in [1.82, 2.24) is 25.6 Å². The van der Waals surface area contributed by atoms with Gasteiger partial charge in [-0.15, -0.1) is 0 Å². The summed E-state index contributed by atoms with van der Waals surface area (Å²) in [5.41, 5.74) is 1.49. The van der Waals surface area contributed by atoms with E-state index in [0.717, 1.165) is 67.7 Å². The van der Waals surface area contributed by atoms with Crippen LogP contribution in [0, 0.1) is 12.7 Å². The molecule has 4 heterocycles. The molecule has 9 nitrogen and oxygen atoms in total. The van der Waals surface area contributed by atoms with Crippen molar-refractivity contribution in [2.45, 2.75) is 25.8 Å². The van der Waals surface area contributed by atoms with Crippen molar-refractivity contribution < 1.29 is 9.18 Å². The number of aromatic nitrogens is 3. The van der Waals surface area contributed by atoms with Gasteiger partial charge in [-0.1, -0.05) is 18.2 Å². The Balaban J connectivity index is 1.30. The van der Waals surface area contributed by atoms with E-state index < -0.39 is 11.7 Å². The van der Waals surface area contributed by atoms with Gasteiger partial charge in [0.05, 0.1) is 11.6 Å². The fourth-order valence-corrected chi connectivity index (χ4v) is 5.56. The molecule has 40 heavy (non-hydrogen) atoms. The molecular weight excluding hydrogens is 507 g/mol. The molecule has 1 amide bonds. The smallest absolute Gasteiger partial charge is 0.262 e. The van der Waals surface area contributed by atoms with Gasteiger partial charge in [0.25, 0.3) is 5.91 Å². The van der Waals surface area contributed by atoms with E-state index in [2.05, 4.69) is 35.8 Å². The minimum absolute atomic E-state index is 0.000929. The van der Waals surface area contributed by atoms with Crippen LogP contribution in [0.4, 0.5) is 27.7 Å². The van der Waals surface area contributed by atoms with Crippen LogP contribution in [0.25, 0.3) is 10.8 Å². The van der Waals surface area contributed by atoms with Gasteiger partial charge in [0.1, 0.15) is 17.5 Å². The summed E-state index contributed by atoms with van der Waals surface area (Å²) >= 11 is 0. The molecule has 0 radical (unpaired) electrons. The molecule has 0 unspecified atom stereocenters. The predicted molar refractivity (Wildman–Crippen MR) is 156 cm³/mol. The Morgan fingerprint density at radius 2 is 1.90 bits per heavy atom. The average molecular weight is 541 g/mol. The molecule has 0 aliphatic carbocycles. The highest BCUT2D eigenvalue weighted by Crippen LogP contribution is 2.32. The van der Waals surface area contributed by atoms with E-state index in [4.69, 9.17) is 0 Å². The second-order valence-corrected chi connectivity index (χ2v) is 10.3. The fourth-order valence-electron chi connectivity index (χ4n) is 5.56. The topological polar surface area (TPSA) is 98.3 Å². The highest BCUT2D eigenvalue weighted by molar-refractivity contribution is 6.11. The molecule has 2 aliphatic rings. The van der Waals surface area contributed by atoms with Crippen LogP contribution in [-0.4, -0.2) is 66.2 Å². The van der Waals surface area contributed by atoms with E-state index in [9.17, 15) is 4.79 Å². The van der Waals surface area contributed by atoms with Gasteiger partial charge in [-0.3, -0.25) is 9.69 Å². The second-order valence-electron chi connectivity index (χ2n) is 10.3. The molecule has 2 fully saturated rings. The van der Waals surface area contributed by atoms with Crippen LogP contribution in [0.2, 0.25) is 0 Å². The summed E-state index contributed by atoms with van der Waals surface area (Å²) in [5, 5.41) is 11.7. The van der Waals surface area contributed by atoms with E-state index in [1.165, 1.54) is 12.1 Å². The van der Waals surface area contributed by atoms with Crippen LogP contribution >= 0.6 is 0 Å². The van der Waals surface area contributed by atoms with Crippen molar-refractivity contribution in [3.63, 3.8) is 0 Å². The fraction of sp³-hybridized carbons (Fsp3) is 0.333. The summed E-state index contributed by atoms with van der Waals surface area (Å²) in [7, 11) is 0. The molecule has 206 valence electrons. The molecule has 0 spiro atoms. The molecule has 2 saturated heterocycles. The Hall–Kier alpha value is -4.15. The number of nitrogens with zero attached hydrogens (tertiary/aromatic N) is 5. The van der Waals surface area contributed by atoms with Gasteiger partial charge in [0.2, 0.25) is 5.95 Å². The van der Waals surface area contributed by atoms with E-state index in [1.807, 2.05) is 37.3 Å². The Morgan fingerprint density at radius 1 is 1.05 bits per heavy atom. The van der Waals surface area contributed by atoms with Crippen LogP contribution in [0.5, 0.6) is 0 Å². The summed E-state index contributed by atoms with van der Waals surface area (Å²) in [6, 6.07) is 14.2. The van der Waals surface area contributed by atoms with Gasteiger partial charge in [0, 0.05) is 56.2 Å². The largest absolute Gasteiger partial charge is 0.354 e. The summed E-state index contributed by atoms with van der Waals surface area (Å²) in [6.07, 6.45) is 5.14. The van der Waals surface area contributed by atoms with E-state index >= 15 is 4.39 Å². The third-order valence-corrected chi connectivity index (χ3v) is 7.60. The van der Waals surface area contributed by atoms with Crippen molar-refractivity contribution in [1.29, 1.82) is 0 Å². The van der Waals surface area contributed by atoms with Crippen LogP contribution in [0.15, 0.2) is 60.9 Å². The number of piperazine rings is 1. The minimum Gasteiger partial charge on any atom is -0.354 e. The van der Waals surface area contributed by atoms with Crippen molar-refractivity contribution >= 4 is 40.0 Å². The van der Waals surface area contributed by atoms with Crippen LogP contribution in [-0.2, 0) is 0 Å². The first-order chi connectivity index (χ1) is 19.6. The molecule has 2 aromatic carbocycles. The monoisotopic (exact) mass is 540 g/mol. The summed E-state index contributed by atoms with van der Waals surface area (Å²) in [5.74, 6) is 0.742. The molecule has 3 N–H and O–H groups in total. The molecule has 0 saturated carbocycles. The quantitative estimate of drug-likeness (QED) is 0.337. The minimum atomic E-state index is -0.612. The molecule has 10 heteroatoms. The Morgan fingerprint density at radius 3 is 2.70 bits per heavy atom. The predicted octanol–water partition coefficient (Wildman–Crippen LogP) is 4.02. The number of halogens is 1. The van der Waals surface area contributed by atoms with Gasteiger partial charge < -0.3 is 20.9 Å². The normalized spacial score (nSPS) is 17.6. The van der Waals surface area contributed by atoms with Crippen molar-refractivity contribution in [3.8, 4) is 0 Å². The Kier molecular flexibility index (Phi) is 7.52. The molecule has 4 aromatic rings. The number of benzene rings is 2. The first-order valence-corrected chi connectivity index (χ1v) is 13.8. The van der Waals surface area contributed by atoms with E-state index in [0.29, 0.717) is 24.0 Å². The first kappa shape index (κ1) is 26.1. The highest BCUT2D eigenvalue weighted by Gasteiger charge is 2.31. The maximum absolute atomic E-state index is 15.6. The van der Waals surface area contributed by atoms with Crippen molar-refractivity contribution in [2.24, 2.45) is 0 Å². The van der Waals surface area contributed by atoms with Crippen molar-refractivity contribution in [3.05, 3.63) is 77.9 Å².